The van der Waals surface area contributed by atoms with Gasteiger partial charge in [-0.15, -0.1) is 0 Å². The van der Waals surface area contributed by atoms with Gasteiger partial charge in [0.05, 0.1) is 5.69 Å². The topological polar surface area (TPSA) is 38.0 Å². The minimum absolute atomic E-state index is 0.294. The van der Waals surface area contributed by atoms with E-state index >= 15 is 0 Å². The van der Waals surface area contributed by atoms with Crippen LogP contribution in [0, 0.1) is 6.92 Å². The van der Waals surface area contributed by atoms with Crippen LogP contribution in [-0.2, 0) is 7.05 Å². The predicted molar refractivity (Wildman–Crippen MR) is 55.0 cm³/mol. The third kappa shape index (κ3) is 1.48. The van der Waals surface area contributed by atoms with Gasteiger partial charge in [-0.3, -0.25) is 4.68 Å². The van der Waals surface area contributed by atoms with E-state index in [1.54, 1.807) is 16.8 Å². The Morgan fingerprint density at radius 2 is 2.07 bits per heavy atom. The van der Waals surface area contributed by atoms with Crippen molar-refractivity contribution in [3.05, 3.63) is 36.0 Å². The van der Waals surface area contributed by atoms with Crippen LogP contribution in [0.3, 0.4) is 0 Å². The van der Waals surface area contributed by atoms with Crippen molar-refractivity contribution in [1.82, 2.24) is 9.78 Å². The molecule has 0 bridgehead atoms. The zero-order valence-electron chi connectivity index (χ0n) is 8.23. The molecule has 3 heteroatoms. The number of aromatic nitrogens is 2. The zero-order chi connectivity index (χ0) is 10.1. The molecule has 1 N–H and O–H groups in total. The summed E-state index contributed by atoms with van der Waals surface area (Å²) < 4.78 is 1.77. The van der Waals surface area contributed by atoms with Gasteiger partial charge in [-0.05, 0) is 36.8 Å². The van der Waals surface area contributed by atoms with E-state index in [1.807, 2.05) is 32.3 Å². The molecule has 0 amide bonds. The molecule has 0 fully saturated rings. The minimum Gasteiger partial charge on any atom is -0.508 e. The second-order valence-electron chi connectivity index (χ2n) is 3.37. The van der Waals surface area contributed by atoms with Gasteiger partial charge in [0.15, 0.2) is 0 Å². The molecule has 0 unspecified atom stereocenters. The summed E-state index contributed by atoms with van der Waals surface area (Å²) in [5.74, 6) is 0.294. The van der Waals surface area contributed by atoms with Gasteiger partial charge in [-0.2, -0.15) is 5.10 Å². The highest BCUT2D eigenvalue weighted by atomic mass is 16.3. The second kappa shape index (κ2) is 3.18. The summed E-state index contributed by atoms with van der Waals surface area (Å²) in [6.45, 7) is 1.96. The predicted octanol–water partition coefficient (Wildman–Crippen LogP) is 2.10. The molecule has 1 aromatic carbocycles. The maximum Gasteiger partial charge on any atom is 0.115 e. The molecular weight excluding hydrogens is 176 g/mol. The van der Waals surface area contributed by atoms with E-state index in [1.165, 1.54) is 0 Å². The fourth-order valence-corrected chi connectivity index (χ4v) is 1.49. The van der Waals surface area contributed by atoms with E-state index < -0.39 is 0 Å². The van der Waals surface area contributed by atoms with E-state index in [0.29, 0.717) is 5.75 Å². The van der Waals surface area contributed by atoms with Gasteiger partial charge in [-0.1, -0.05) is 0 Å². The quantitative estimate of drug-likeness (QED) is 0.744. The monoisotopic (exact) mass is 188 g/mol. The highest BCUT2D eigenvalue weighted by Gasteiger charge is 2.04. The molecule has 0 atom stereocenters. The Balaban J connectivity index is 2.52. The molecule has 0 saturated heterocycles. The van der Waals surface area contributed by atoms with Crippen LogP contribution in [0.2, 0.25) is 0 Å². The number of phenolic OH excluding ortho intramolecular Hbond substituents is 1. The van der Waals surface area contributed by atoms with E-state index in [2.05, 4.69) is 5.10 Å². The summed E-state index contributed by atoms with van der Waals surface area (Å²) in [5.41, 5.74) is 3.03. The maximum absolute atomic E-state index is 9.26. The fraction of sp³-hybridized carbons (Fsp3) is 0.182. The normalized spacial score (nSPS) is 10.4. The van der Waals surface area contributed by atoms with Crippen molar-refractivity contribution in [2.75, 3.05) is 0 Å². The summed E-state index contributed by atoms with van der Waals surface area (Å²) in [6.07, 6.45) is 1.90. The van der Waals surface area contributed by atoms with Gasteiger partial charge >= 0.3 is 0 Å². The average molecular weight is 188 g/mol. The molecule has 2 rings (SSSR count). The van der Waals surface area contributed by atoms with Crippen LogP contribution < -0.4 is 0 Å². The highest BCUT2D eigenvalue weighted by Crippen LogP contribution is 2.24. The number of hydrogen-bond acceptors (Lipinski definition) is 2. The lowest BCUT2D eigenvalue weighted by atomic mass is 10.1. The molecule has 72 valence electrons. The van der Waals surface area contributed by atoms with Gasteiger partial charge in [0.1, 0.15) is 5.75 Å². The van der Waals surface area contributed by atoms with Crippen molar-refractivity contribution in [3.8, 4) is 17.0 Å². The molecular formula is C11H12N2O. The Bertz CT molecular complexity index is 460. The lowest BCUT2D eigenvalue weighted by Crippen LogP contribution is -1.89. The minimum atomic E-state index is 0.294. The zero-order valence-corrected chi connectivity index (χ0v) is 8.23. The Labute approximate surface area is 82.6 Å². The molecule has 2 aromatic rings. The van der Waals surface area contributed by atoms with E-state index in [9.17, 15) is 5.11 Å². The van der Waals surface area contributed by atoms with E-state index in [-0.39, 0.29) is 0 Å². The number of phenols is 1. The molecule has 0 spiro atoms. The van der Waals surface area contributed by atoms with E-state index in [4.69, 9.17) is 0 Å². The summed E-state index contributed by atoms with van der Waals surface area (Å²) in [4.78, 5) is 0. The maximum atomic E-state index is 9.26. The van der Waals surface area contributed by atoms with E-state index in [0.717, 1.165) is 16.8 Å². The van der Waals surface area contributed by atoms with Crippen LogP contribution >= 0.6 is 0 Å². The SMILES string of the molecule is Cc1cc(O)ccc1-c1ccn(C)n1. The smallest absolute Gasteiger partial charge is 0.115 e. The molecule has 0 aliphatic carbocycles. The molecule has 0 aliphatic rings. The molecule has 1 aromatic heterocycles. The second-order valence-corrected chi connectivity index (χ2v) is 3.37. The van der Waals surface area contributed by atoms with Crippen LogP contribution in [-0.4, -0.2) is 14.9 Å². The fourth-order valence-electron chi connectivity index (χ4n) is 1.49. The molecule has 14 heavy (non-hydrogen) atoms. The Kier molecular flexibility index (Phi) is 2.00. The summed E-state index contributed by atoms with van der Waals surface area (Å²) in [7, 11) is 1.89. The first kappa shape index (κ1) is 8.81. The Morgan fingerprint density at radius 3 is 2.64 bits per heavy atom. The first-order valence-electron chi connectivity index (χ1n) is 4.46. The first-order valence-corrected chi connectivity index (χ1v) is 4.46. The van der Waals surface area contributed by atoms with Crippen LogP contribution in [0.5, 0.6) is 5.75 Å². The van der Waals surface area contributed by atoms with Gasteiger partial charge in [0.2, 0.25) is 0 Å². The largest absolute Gasteiger partial charge is 0.508 e. The molecule has 1 heterocycles. The average Bonchev–Trinajstić information content (AvgIpc) is 2.51. The summed E-state index contributed by atoms with van der Waals surface area (Å²) in [6, 6.07) is 7.26. The molecule has 3 nitrogen and oxygen atoms in total. The van der Waals surface area contributed by atoms with Gasteiger partial charge in [0.25, 0.3) is 0 Å². The van der Waals surface area contributed by atoms with Crippen LogP contribution in [0.4, 0.5) is 0 Å². The number of benzene rings is 1. The third-order valence-corrected chi connectivity index (χ3v) is 2.20. The molecule has 0 saturated carbocycles. The summed E-state index contributed by atoms with van der Waals surface area (Å²) in [5, 5.41) is 13.6. The number of aryl methyl sites for hydroxylation is 2. The standard InChI is InChI=1S/C11H12N2O/c1-8-7-9(14)3-4-10(8)11-5-6-13(2)12-11/h3-7,14H,1-2H3. The Hall–Kier alpha value is -1.77. The van der Waals surface area contributed by atoms with Crippen molar-refractivity contribution in [3.63, 3.8) is 0 Å². The number of nitrogens with zero attached hydrogens (tertiary/aromatic N) is 2. The molecule has 0 aliphatic heterocycles. The Morgan fingerprint density at radius 1 is 1.29 bits per heavy atom. The lowest BCUT2D eigenvalue weighted by molar-refractivity contribution is 0.475. The number of aromatic hydroxyl groups is 1. The van der Waals surface area contributed by atoms with Crippen LogP contribution in [0.15, 0.2) is 30.5 Å². The number of rotatable bonds is 1. The molecule has 0 radical (unpaired) electrons. The van der Waals surface area contributed by atoms with Crippen LogP contribution in [0.1, 0.15) is 5.56 Å². The number of hydrogen-bond donors (Lipinski definition) is 1. The van der Waals surface area contributed by atoms with Gasteiger partial charge < -0.3 is 5.11 Å². The van der Waals surface area contributed by atoms with Crippen LogP contribution in [0.25, 0.3) is 11.3 Å². The first-order chi connectivity index (χ1) is 6.66. The van der Waals surface area contributed by atoms with Gasteiger partial charge in [-0.25, -0.2) is 0 Å². The van der Waals surface area contributed by atoms with Crippen molar-refractivity contribution in [2.45, 2.75) is 6.92 Å². The highest BCUT2D eigenvalue weighted by molar-refractivity contribution is 5.64. The summed E-state index contributed by atoms with van der Waals surface area (Å²) >= 11 is 0. The lowest BCUT2D eigenvalue weighted by Gasteiger charge is -2.02. The van der Waals surface area contributed by atoms with Crippen molar-refractivity contribution in [2.24, 2.45) is 7.05 Å². The van der Waals surface area contributed by atoms with Crippen molar-refractivity contribution in [1.29, 1.82) is 0 Å². The van der Waals surface area contributed by atoms with Crippen molar-refractivity contribution >= 4 is 0 Å². The third-order valence-electron chi connectivity index (χ3n) is 2.20. The van der Waals surface area contributed by atoms with Gasteiger partial charge in [0, 0.05) is 18.8 Å². The van der Waals surface area contributed by atoms with Crippen molar-refractivity contribution < 1.29 is 5.11 Å².